The van der Waals surface area contributed by atoms with E-state index in [2.05, 4.69) is 50.1 Å². The van der Waals surface area contributed by atoms with Gasteiger partial charge in [0.15, 0.2) is 0 Å². The van der Waals surface area contributed by atoms with Crippen molar-refractivity contribution in [1.82, 2.24) is 4.90 Å². The fourth-order valence-corrected chi connectivity index (χ4v) is 5.71. The van der Waals surface area contributed by atoms with Crippen LogP contribution in [-0.4, -0.2) is 50.5 Å². The first-order chi connectivity index (χ1) is 19.8. The molecule has 1 fully saturated rings. The minimum absolute atomic E-state index is 0.262. The molecule has 0 amide bonds. The van der Waals surface area contributed by atoms with Crippen LogP contribution in [-0.2, 0) is 9.47 Å². The molecule has 2 atom stereocenters. The summed E-state index contributed by atoms with van der Waals surface area (Å²) in [6.45, 7) is 8.39. The molecule has 0 bridgehead atoms. The molecule has 1 rings (SSSR count). The first-order valence-electron chi connectivity index (χ1n) is 18.0. The smallest absolute Gasteiger partial charge is 0.0975 e. The quantitative estimate of drug-likeness (QED) is 0.0643. The molecule has 1 saturated heterocycles. The maximum Gasteiger partial charge on any atom is 0.0975 e. The fourth-order valence-electron chi connectivity index (χ4n) is 5.71. The van der Waals surface area contributed by atoms with Crippen LogP contribution >= 0.6 is 0 Å². The van der Waals surface area contributed by atoms with Gasteiger partial charge in [-0.3, -0.25) is 0 Å². The van der Waals surface area contributed by atoms with Gasteiger partial charge in [-0.05, 0) is 71.3 Å². The van der Waals surface area contributed by atoms with E-state index in [-0.39, 0.29) is 12.2 Å². The van der Waals surface area contributed by atoms with Crippen molar-refractivity contribution in [3.8, 4) is 0 Å². The van der Waals surface area contributed by atoms with E-state index in [0.717, 1.165) is 26.3 Å². The number of hydrogen-bond acceptors (Lipinski definition) is 3. The van der Waals surface area contributed by atoms with Crippen molar-refractivity contribution in [1.29, 1.82) is 0 Å². The normalized spacial score (nSPS) is 18.2. The fraction of sp³-hybridized carbons (Fsp3) is 0.892. The van der Waals surface area contributed by atoms with Crippen LogP contribution in [0.3, 0.4) is 0 Å². The Bertz CT molecular complexity index is 512. The van der Waals surface area contributed by atoms with E-state index in [1.165, 1.54) is 154 Å². The summed E-state index contributed by atoms with van der Waals surface area (Å²) in [6.07, 6.45) is 42.1. The highest BCUT2D eigenvalue weighted by Gasteiger charge is 2.32. The number of allylic oxidation sites excluding steroid dienone is 4. The second kappa shape index (κ2) is 29.8. The standard InChI is InChI=1S/C37H71NO2/c1-4-6-8-10-12-14-16-18-20-22-24-26-28-30-32-39-36-34-38(3)35-37(36)40-33-31-29-27-25-23-21-19-17-15-13-11-9-7-5-2/h14-17,36-37H,4-13,18-35H2,1-3H3/b16-14-,17-15-. The lowest BCUT2D eigenvalue weighted by Crippen LogP contribution is -2.30. The van der Waals surface area contributed by atoms with Crippen LogP contribution in [0.4, 0.5) is 0 Å². The summed E-state index contributed by atoms with van der Waals surface area (Å²) in [5.74, 6) is 0. The van der Waals surface area contributed by atoms with Crippen molar-refractivity contribution in [2.45, 2.75) is 180 Å². The Hall–Kier alpha value is -0.640. The van der Waals surface area contributed by atoms with E-state index in [1.807, 2.05) is 0 Å². The van der Waals surface area contributed by atoms with Gasteiger partial charge in [0, 0.05) is 26.3 Å². The molecule has 1 heterocycles. The highest BCUT2D eigenvalue weighted by atomic mass is 16.5. The van der Waals surface area contributed by atoms with Gasteiger partial charge in [-0.1, -0.05) is 128 Å². The number of ether oxygens (including phenoxy) is 2. The average molecular weight is 562 g/mol. The van der Waals surface area contributed by atoms with Crippen molar-refractivity contribution in [2.75, 3.05) is 33.4 Å². The summed E-state index contributed by atoms with van der Waals surface area (Å²) in [6, 6.07) is 0. The van der Waals surface area contributed by atoms with Crippen LogP contribution in [0, 0.1) is 0 Å². The Balaban J connectivity index is 1.90. The summed E-state index contributed by atoms with van der Waals surface area (Å²) in [7, 11) is 2.20. The Morgan fingerprint density at radius 3 is 1.10 bits per heavy atom. The van der Waals surface area contributed by atoms with E-state index in [4.69, 9.17) is 9.47 Å². The van der Waals surface area contributed by atoms with E-state index >= 15 is 0 Å². The van der Waals surface area contributed by atoms with Crippen molar-refractivity contribution >= 4 is 0 Å². The zero-order valence-corrected chi connectivity index (χ0v) is 27.5. The predicted molar refractivity (Wildman–Crippen MR) is 177 cm³/mol. The molecular formula is C37H71NO2. The Kier molecular flexibility index (Phi) is 27.9. The molecule has 0 aromatic heterocycles. The van der Waals surface area contributed by atoms with Crippen LogP contribution in [0.1, 0.15) is 168 Å². The molecule has 1 aliphatic heterocycles. The predicted octanol–water partition coefficient (Wildman–Crippen LogP) is 11.2. The first-order valence-corrected chi connectivity index (χ1v) is 18.0. The lowest BCUT2D eigenvalue weighted by atomic mass is 10.1. The Morgan fingerprint density at radius 2 is 0.750 bits per heavy atom. The zero-order chi connectivity index (χ0) is 28.8. The lowest BCUT2D eigenvalue weighted by molar-refractivity contribution is -0.0481. The van der Waals surface area contributed by atoms with Crippen molar-refractivity contribution in [3.63, 3.8) is 0 Å². The number of unbranched alkanes of at least 4 members (excludes halogenated alkanes) is 20. The molecule has 0 spiro atoms. The molecule has 0 N–H and O–H groups in total. The molecule has 0 radical (unpaired) electrons. The highest BCUT2D eigenvalue weighted by Crippen LogP contribution is 2.18. The summed E-state index contributed by atoms with van der Waals surface area (Å²) in [4.78, 5) is 2.37. The number of hydrogen-bond donors (Lipinski definition) is 0. The molecular weight excluding hydrogens is 490 g/mol. The maximum absolute atomic E-state index is 6.29. The number of likely N-dealkylation sites (tertiary alicyclic amines) is 1. The number of rotatable bonds is 30. The summed E-state index contributed by atoms with van der Waals surface area (Å²) in [5, 5.41) is 0. The Morgan fingerprint density at radius 1 is 0.450 bits per heavy atom. The minimum Gasteiger partial charge on any atom is -0.374 e. The zero-order valence-electron chi connectivity index (χ0n) is 27.5. The molecule has 2 unspecified atom stereocenters. The molecule has 0 saturated carbocycles. The van der Waals surface area contributed by atoms with Gasteiger partial charge in [-0.15, -0.1) is 0 Å². The summed E-state index contributed by atoms with van der Waals surface area (Å²) >= 11 is 0. The third-order valence-corrected chi connectivity index (χ3v) is 8.37. The van der Waals surface area contributed by atoms with E-state index < -0.39 is 0 Å². The van der Waals surface area contributed by atoms with Gasteiger partial charge < -0.3 is 14.4 Å². The van der Waals surface area contributed by atoms with E-state index in [1.54, 1.807) is 0 Å². The molecule has 0 aromatic carbocycles. The van der Waals surface area contributed by atoms with Gasteiger partial charge in [-0.25, -0.2) is 0 Å². The number of likely N-dealkylation sites (N-methyl/N-ethyl adjacent to an activating group) is 1. The molecule has 236 valence electrons. The second-order valence-corrected chi connectivity index (χ2v) is 12.5. The third kappa shape index (κ3) is 24.0. The van der Waals surface area contributed by atoms with Crippen molar-refractivity contribution in [2.24, 2.45) is 0 Å². The van der Waals surface area contributed by atoms with Crippen LogP contribution in [0.25, 0.3) is 0 Å². The van der Waals surface area contributed by atoms with Gasteiger partial charge in [0.2, 0.25) is 0 Å². The van der Waals surface area contributed by atoms with Crippen LogP contribution < -0.4 is 0 Å². The second-order valence-electron chi connectivity index (χ2n) is 12.5. The molecule has 0 aliphatic carbocycles. The molecule has 3 heteroatoms. The van der Waals surface area contributed by atoms with Gasteiger partial charge in [-0.2, -0.15) is 0 Å². The van der Waals surface area contributed by atoms with Gasteiger partial charge in [0.25, 0.3) is 0 Å². The summed E-state index contributed by atoms with van der Waals surface area (Å²) in [5.41, 5.74) is 0. The molecule has 3 nitrogen and oxygen atoms in total. The van der Waals surface area contributed by atoms with E-state index in [0.29, 0.717) is 0 Å². The molecule has 40 heavy (non-hydrogen) atoms. The largest absolute Gasteiger partial charge is 0.374 e. The van der Waals surface area contributed by atoms with Crippen LogP contribution in [0.15, 0.2) is 24.3 Å². The van der Waals surface area contributed by atoms with Crippen molar-refractivity contribution < 1.29 is 9.47 Å². The number of nitrogens with zero attached hydrogens (tertiary/aromatic N) is 1. The van der Waals surface area contributed by atoms with Gasteiger partial charge in [0.1, 0.15) is 0 Å². The topological polar surface area (TPSA) is 21.7 Å². The van der Waals surface area contributed by atoms with E-state index in [9.17, 15) is 0 Å². The maximum atomic E-state index is 6.29. The van der Waals surface area contributed by atoms with Gasteiger partial charge in [0.05, 0.1) is 12.2 Å². The Labute approximate surface area is 251 Å². The van der Waals surface area contributed by atoms with Crippen molar-refractivity contribution in [3.05, 3.63) is 24.3 Å². The highest BCUT2D eigenvalue weighted by molar-refractivity contribution is 4.84. The lowest BCUT2D eigenvalue weighted by Gasteiger charge is -2.20. The molecule has 0 aromatic rings. The third-order valence-electron chi connectivity index (χ3n) is 8.37. The average Bonchev–Trinajstić information content (AvgIpc) is 3.31. The monoisotopic (exact) mass is 562 g/mol. The van der Waals surface area contributed by atoms with Crippen LogP contribution in [0.5, 0.6) is 0 Å². The van der Waals surface area contributed by atoms with Crippen LogP contribution in [0.2, 0.25) is 0 Å². The first kappa shape index (κ1) is 37.4. The molecule has 1 aliphatic rings. The minimum atomic E-state index is 0.262. The SMILES string of the molecule is CCCCCC/C=C\CCCCCCCCOC1CN(C)CC1OCCCCCCCC/C=C\CCCCCC. The van der Waals surface area contributed by atoms with Gasteiger partial charge >= 0.3 is 0 Å². The summed E-state index contributed by atoms with van der Waals surface area (Å²) < 4.78 is 12.6.